The van der Waals surface area contributed by atoms with Crippen LogP contribution >= 0.6 is 11.3 Å². The molecule has 6 aliphatic rings. The fourth-order valence-corrected chi connectivity index (χ4v) is 12.1. The number of aliphatic hydroxyl groups excluding tert-OH is 1. The van der Waals surface area contributed by atoms with E-state index in [2.05, 4.69) is 43.5 Å². The third kappa shape index (κ3) is 5.12. The number of amides is 2. The summed E-state index contributed by atoms with van der Waals surface area (Å²) in [6.07, 6.45) is 11.2. The number of para-hydroxylation sites is 1. The fourth-order valence-electron chi connectivity index (χ4n) is 11.4. The molecule has 8 atom stereocenters. The Morgan fingerprint density at radius 3 is 2.41 bits per heavy atom. The third-order valence-electron chi connectivity index (χ3n) is 14.1. The number of nitrogens with zero attached hydrogens (tertiary/aromatic N) is 1. The van der Waals surface area contributed by atoms with Gasteiger partial charge in [0.2, 0.25) is 0 Å². The molecule has 0 aliphatic heterocycles. The Bertz CT molecular complexity index is 1920. The van der Waals surface area contributed by atoms with Gasteiger partial charge in [0.05, 0.1) is 18.2 Å². The van der Waals surface area contributed by atoms with Crippen molar-refractivity contribution in [3.05, 3.63) is 112 Å². The first-order chi connectivity index (χ1) is 24.3. The molecule has 8 unspecified atom stereocenters. The molecule has 6 nitrogen and oxygen atoms in total. The highest BCUT2D eigenvalue weighted by Gasteiger charge is 2.74. The molecule has 9 heteroatoms. The second-order valence-corrected chi connectivity index (χ2v) is 17.3. The van der Waals surface area contributed by atoms with Crippen molar-refractivity contribution in [2.75, 3.05) is 18.4 Å². The van der Waals surface area contributed by atoms with Crippen LogP contribution in [0.15, 0.2) is 89.8 Å². The van der Waals surface area contributed by atoms with Gasteiger partial charge in [0.1, 0.15) is 0 Å². The number of fused-ring (bicyclic) bond motifs is 1. The van der Waals surface area contributed by atoms with Gasteiger partial charge in [0.25, 0.3) is 0 Å². The van der Waals surface area contributed by atoms with Gasteiger partial charge >= 0.3 is 6.03 Å². The van der Waals surface area contributed by atoms with Gasteiger partial charge < -0.3 is 20.4 Å². The Morgan fingerprint density at radius 1 is 0.922 bits per heavy atom. The molecular formula is C42H46F2N2O4S. The molecule has 1 aromatic heterocycles. The normalized spacial score (nSPS) is 36.1. The first-order valence-corrected chi connectivity index (χ1v) is 19.2. The summed E-state index contributed by atoms with van der Waals surface area (Å²) in [7, 11) is 0. The van der Waals surface area contributed by atoms with Gasteiger partial charge in [-0.1, -0.05) is 56.3 Å². The minimum absolute atomic E-state index is 0.0495. The van der Waals surface area contributed by atoms with E-state index in [9.17, 15) is 28.6 Å². The highest BCUT2D eigenvalue weighted by molar-refractivity contribution is 7.09. The van der Waals surface area contributed by atoms with Crippen LogP contribution in [0.3, 0.4) is 0 Å². The number of hydrogen-bond donors (Lipinski definition) is 3. The highest BCUT2D eigenvalue weighted by atomic mass is 32.1. The van der Waals surface area contributed by atoms with Crippen LogP contribution in [0.5, 0.6) is 0 Å². The van der Waals surface area contributed by atoms with Gasteiger partial charge in [-0.15, -0.1) is 11.3 Å². The lowest BCUT2D eigenvalue weighted by Crippen LogP contribution is -2.67. The number of hydrogen-bond acceptors (Lipinski definition) is 5. The summed E-state index contributed by atoms with van der Waals surface area (Å²) in [5.41, 5.74) is -2.10. The SMILES string of the molecule is CC12CCC(O)CC13C=CC1(C(C(=O)c4ccc(F)c(F)c4)=C3)C2CCC2(C)C1CCC2(O)CN(CCc1cccs1)C(=O)Nc1ccccc1. The van der Waals surface area contributed by atoms with E-state index < -0.39 is 39.6 Å². The highest BCUT2D eigenvalue weighted by Crippen LogP contribution is 2.78. The van der Waals surface area contributed by atoms with E-state index in [4.69, 9.17) is 0 Å². The molecule has 2 spiro atoms. The molecule has 0 saturated heterocycles. The van der Waals surface area contributed by atoms with E-state index in [0.29, 0.717) is 56.3 Å². The van der Waals surface area contributed by atoms with Crippen molar-refractivity contribution in [1.29, 1.82) is 0 Å². The number of rotatable bonds is 8. The number of allylic oxidation sites excluding steroid dienone is 4. The smallest absolute Gasteiger partial charge is 0.321 e. The summed E-state index contributed by atoms with van der Waals surface area (Å²) >= 11 is 1.64. The van der Waals surface area contributed by atoms with E-state index >= 15 is 0 Å². The minimum Gasteiger partial charge on any atom is -0.393 e. The molecule has 9 rings (SSSR count). The number of thiophene rings is 1. The van der Waals surface area contributed by atoms with Crippen LogP contribution < -0.4 is 5.32 Å². The predicted molar refractivity (Wildman–Crippen MR) is 194 cm³/mol. The Kier molecular flexibility index (Phi) is 8.24. The lowest BCUT2D eigenvalue weighted by atomic mass is 9.32. The number of carbonyl (C=O) groups excluding carboxylic acids is 2. The molecule has 3 fully saturated rings. The summed E-state index contributed by atoms with van der Waals surface area (Å²) < 4.78 is 28.7. The van der Waals surface area contributed by atoms with Gasteiger partial charge in [0.15, 0.2) is 17.4 Å². The molecule has 3 saturated carbocycles. The van der Waals surface area contributed by atoms with Crippen molar-refractivity contribution in [1.82, 2.24) is 4.90 Å². The number of carbonyl (C=O) groups is 2. The number of ketones is 1. The van der Waals surface area contributed by atoms with Gasteiger partial charge in [-0.3, -0.25) is 4.79 Å². The second-order valence-electron chi connectivity index (χ2n) is 16.3. The molecular weight excluding hydrogens is 667 g/mol. The zero-order valence-electron chi connectivity index (χ0n) is 29.2. The molecule has 0 radical (unpaired) electrons. The number of anilines is 1. The van der Waals surface area contributed by atoms with Crippen LogP contribution in [0.25, 0.3) is 0 Å². The number of halogens is 2. The van der Waals surface area contributed by atoms with Gasteiger partial charge in [-0.2, -0.15) is 0 Å². The summed E-state index contributed by atoms with van der Waals surface area (Å²) in [5, 5.41) is 29.0. The summed E-state index contributed by atoms with van der Waals surface area (Å²) in [6.45, 7) is 5.01. The van der Waals surface area contributed by atoms with E-state index in [0.717, 1.165) is 29.9 Å². The monoisotopic (exact) mass is 712 g/mol. The Hall–Kier alpha value is -3.66. The van der Waals surface area contributed by atoms with Crippen LogP contribution in [0, 0.1) is 45.1 Å². The minimum atomic E-state index is -1.25. The van der Waals surface area contributed by atoms with Crippen LogP contribution in [-0.4, -0.2) is 51.7 Å². The summed E-state index contributed by atoms with van der Waals surface area (Å²) in [4.78, 5) is 31.5. The Morgan fingerprint density at radius 2 is 1.67 bits per heavy atom. The molecule has 3 aromatic rings. The van der Waals surface area contributed by atoms with Crippen LogP contribution in [0.4, 0.5) is 19.3 Å². The quantitative estimate of drug-likeness (QED) is 0.161. The van der Waals surface area contributed by atoms with E-state index in [1.165, 1.54) is 6.07 Å². The molecule has 2 bridgehead atoms. The maximum atomic E-state index is 14.7. The van der Waals surface area contributed by atoms with Gasteiger partial charge in [-0.25, -0.2) is 13.6 Å². The van der Waals surface area contributed by atoms with Gasteiger partial charge in [-0.05, 0) is 110 Å². The number of urea groups is 1. The lowest BCUT2D eigenvalue weighted by Gasteiger charge is -2.71. The van der Waals surface area contributed by atoms with E-state index in [1.807, 2.05) is 41.8 Å². The van der Waals surface area contributed by atoms with Crippen molar-refractivity contribution in [2.24, 2.45) is 33.5 Å². The molecule has 2 amide bonds. The lowest BCUT2D eigenvalue weighted by molar-refractivity contribution is -0.174. The predicted octanol–water partition coefficient (Wildman–Crippen LogP) is 8.58. The zero-order chi connectivity index (χ0) is 35.8. The topological polar surface area (TPSA) is 89.9 Å². The van der Waals surface area contributed by atoms with Crippen LogP contribution in [-0.2, 0) is 6.42 Å². The Balaban J connectivity index is 1.18. The molecule has 3 N–H and O–H groups in total. The van der Waals surface area contributed by atoms with E-state index in [1.54, 1.807) is 16.2 Å². The largest absolute Gasteiger partial charge is 0.393 e. The number of nitrogens with one attached hydrogen (secondary N) is 1. The molecule has 2 aromatic carbocycles. The van der Waals surface area contributed by atoms with Crippen molar-refractivity contribution in [3.8, 4) is 0 Å². The maximum absolute atomic E-state index is 14.7. The van der Waals surface area contributed by atoms with Crippen molar-refractivity contribution >= 4 is 28.8 Å². The Labute approximate surface area is 302 Å². The number of Topliss-reactive ketones (excluding diaryl/α,β-unsaturated/α-hetero) is 1. The summed E-state index contributed by atoms with van der Waals surface area (Å²) in [5.74, 6) is -2.50. The van der Waals surface area contributed by atoms with Gasteiger partial charge in [0, 0.05) is 44.5 Å². The van der Waals surface area contributed by atoms with Crippen molar-refractivity contribution in [3.63, 3.8) is 0 Å². The maximum Gasteiger partial charge on any atom is 0.321 e. The second kappa shape index (κ2) is 12.2. The number of aliphatic hydroxyl groups is 2. The molecule has 1 heterocycles. The fraction of sp³-hybridized carbons (Fsp3) is 0.476. The first-order valence-electron chi connectivity index (χ1n) is 18.3. The van der Waals surface area contributed by atoms with Crippen molar-refractivity contribution < 1.29 is 28.6 Å². The average Bonchev–Trinajstić information content (AvgIpc) is 3.73. The summed E-state index contributed by atoms with van der Waals surface area (Å²) in [6, 6.07) is 16.5. The standard InChI is InChI=1S/C42H46F2N2O4S/c1-38-16-12-29(47)24-40(38)19-20-42(31(25-40)36(48)27-10-11-32(43)33(44)23-27)34(38)13-17-39(2)35(42)14-18-41(39,50)26-46(21-15-30-9-6-22-51-30)37(49)45-28-7-4-3-5-8-28/h3-11,19-20,22-23,25,29,34-35,47,50H,12-18,21,24,26H2,1-2H3,(H,45,49). The molecule has 51 heavy (non-hydrogen) atoms. The van der Waals surface area contributed by atoms with Crippen molar-refractivity contribution in [2.45, 2.75) is 76.9 Å². The third-order valence-corrected chi connectivity index (χ3v) is 15.0. The van der Waals surface area contributed by atoms with Crippen LogP contribution in [0.1, 0.15) is 74.0 Å². The average molecular weight is 713 g/mol. The molecule has 6 aliphatic carbocycles. The van der Waals surface area contributed by atoms with E-state index in [-0.39, 0.29) is 41.2 Å². The molecule has 268 valence electrons. The zero-order valence-corrected chi connectivity index (χ0v) is 30.0. The van der Waals surface area contributed by atoms with Crippen LogP contribution in [0.2, 0.25) is 0 Å². The number of benzene rings is 2. The first kappa shape index (κ1) is 34.4.